The SMILES string of the molecule is CN(C1CCSC1)C1(CN)CCCCC1. The smallest absolute Gasteiger partial charge is 0.0331 e. The molecule has 0 amide bonds. The van der Waals surface area contributed by atoms with Crippen LogP contribution in [0.25, 0.3) is 0 Å². The fraction of sp³-hybridized carbons (Fsp3) is 1.00. The summed E-state index contributed by atoms with van der Waals surface area (Å²) >= 11 is 2.10. The van der Waals surface area contributed by atoms with Gasteiger partial charge in [0.2, 0.25) is 0 Å². The lowest BCUT2D eigenvalue weighted by Gasteiger charge is -2.46. The minimum Gasteiger partial charge on any atom is -0.329 e. The second-order valence-corrected chi connectivity index (χ2v) is 6.27. The van der Waals surface area contributed by atoms with Gasteiger partial charge in [-0.15, -0.1) is 0 Å². The highest BCUT2D eigenvalue weighted by molar-refractivity contribution is 7.99. The van der Waals surface area contributed by atoms with Gasteiger partial charge >= 0.3 is 0 Å². The average molecular weight is 228 g/mol. The van der Waals surface area contributed by atoms with E-state index in [1.165, 1.54) is 50.0 Å². The van der Waals surface area contributed by atoms with Crippen molar-refractivity contribution in [1.29, 1.82) is 0 Å². The van der Waals surface area contributed by atoms with E-state index in [2.05, 4.69) is 23.7 Å². The van der Waals surface area contributed by atoms with Crippen LogP contribution in [0.3, 0.4) is 0 Å². The van der Waals surface area contributed by atoms with Crippen LogP contribution in [0.2, 0.25) is 0 Å². The van der Waals surface area contributed by atoms with Gasteiger partial charge in [0, 0.05) is 23.9 Å². The zero-order valence-corrected chi connectivity index (χ0v) is 10.7. The maximum Gasteiger partial charge on any atom is 0.0331 e. The predicted octanol–water partition coefficient (Wildman–Crippen LogP) is 2.09. The van der Waals surface area contributed by atoms with Crippen LogP contribution in [-0.4, -0.2) is 41.6 Å². The van der Waals surface area contributed by atoms with Crippen LogP contribution in [0.15, 0.2) is 0 Å². The third-order valence-corrected chi connectivity index (χ3v) is 5.51. The number of rotatable bonds is 3. The molecule has 0 aromatic rings. The molecule has 0 aromatic heterocycles. The number of nitrogens with two attached hydrogens (primary N) is 1. The fourth-order valence-corrected chi connectivity index (χ4v) is 4.39. The van der Waals surface area contributed by atoms with Gasteiger partial charge in [-0.3, -0.25) is 4.90 Å². The summed E-state index contributed by atoms with van der Waals surface area (Å²) in [4.78, 5) is 2.63. The number of hydrogen-bond donors (Lipinski definition) is 1. The van der Waals surface area contributed by atoms with Crippen molar-refractivity contribution in [2.45, 2.75) is 50.1 Å². The first kappa shape index (κ1) is 11.7. The van der Waals surface area contributed by atoms with E-state index in [-0.39, 0.29) is 0 Å². The summed E-state index contributed by atoms with van der Waals surface area (Å²) in [5.41, 5.74) is 6.40. The molecule has 1 heterocycles. The molecule has 2 nitrogen and oxygen atoms in total. The molecule has 2 fully saturated rings. The Morgan fingerprint density at radius 3 is 2.60 bits per heavy atom. The molecule has 2 aliphatic rings. The largest absolute Gasteiger partial charge is 0.329 e. The predicted molar refractivity (Wildman–Crippen MR) is 68.4 cm³/mol. The van der Waals surface area contributed by atoms with Crippen molar-refractivity contribution in [3.8, 4) is 0 Å². The highest BCUT2D eigenvalue weighted by Crippen LogP contribution is 2.36. The van der Waals surface area contributed by atoms with Crippen LogP contribution in [-0.2, 0) is 0 Å². The monoisotopic (exact) mass is 228 g/mol. The Morgan fingerprint density at radius 2 is 2.07 bits per heavy atom. The van der Waals surface area contributed by atoms with Gasteiger partial charge in [-0.2, -0.15) is 11.8 Å². The van der Waals surface area contributed by atoms with Crippen molar-refractivity contribution >= 4 is 11.8 Å². The van der Waals surface area contributed by atoms with Crippen molar-refractivity contribution in [2.24, 2.45) is 5.73 Å². The molecule has 1 unspecified atom stereocenters. The van der Waals surface area contributed by atoms with E-state index >= 15 is 0 Å². The molecule has 1 aliphatic heterocycles. The van der Waals surface area contributed by atoms with Crippen LogP contribution >= 0.6 is 11.8 Å². The zero-order valence-electron chi connectivity index (χ0n) is 9.87. The van der Waals surface area contributed by atoms with Gasteiger partial charge in [0.25, 0.3) is 0 Å². The lowest BCUT2D eigenvalue weighted by atomic mass is 9.79. The number of thioether (sulfide) groups is 1. The van der Waals surface area contributed by atoms with Crippen LogP contribution in [0.5, 0.6) is 0 Å². The quantitative estimate of drug-likeness (QED) is 0.802. The molecular formula is C12H24N2S. The molecule has 1 aliphatic carbocycles. The highest BCUT2D eigenvalue weighted by atomic mass is 32.2. The fourth-order valence-electron chi connectivity index (χ4n) is 3.13. The molecule has 0 aromatic carbocycles. The summed E-state index contributed by atoms with van der Waals surface area (Å²) in [6, 6.07) is 0.789. The Hall–Kier alpha value is 0.270. The average Bonchev–Trinajstić information content (AvgIpc) is 2.82. The van der Waals surface area contributed by atoms with E-state index in [9.17, 15) is 0 Å². The van der Waals surface area contributed by atoms with Crippen LogP contribution in [0.1, 0.15) is 38.5 Å². The molecule has 2 rings (SSSR count). The lowest BCUT2D eigenvalue weighted by molar-refractivity contribution is 0.0522. The summed E-state index contributed by atoms with van der Waals surface area (Å²) in [7, 11) is 2.31. The number of hydrogen-bond acceptors (Lipinski definition) is 3. The Kier molecular flexibility index (Phi) is 3.97. The molecule has 88 valence electrons. The van der Waals surface area contributed by atoms with Crippen molar-refractivity contribution < 1.29 is 0 Å². The van der Waals surface area contributed by atoms with E-state index < -0.39 is 0 Å². The molecule has 1 saturated carbocycles. The van der Waals surface area contributed by atoms with E-state index in [1.54, 1.807) is 0 Å². The van der Waals surface area contributed by atoms with E-state index in [1.807, 2.05) is 0 Å². The Bertz CT molecular complexity index is 196. The maximum absolute atomic E-state index is 6.06. The third-order valence-electron chi connectivity index (χ3n) is 4.37. The standard InChI is InChI=1S/C12H24N2S/c1-14(11-5-8-15-9-11)12(10-13)6-3-2-4-7-12/h11H,2-10,13H2,1H3. The molecule has 0 spiro atoms. The lowest BCUT2D eigenvalue weighted by Crippen LogP contribution is -2.57. The van der Waals surface area contributed by atoms with Gasteiger partial charge in [-0.25, -0.2) is 0 Å². The van der Waals surface area contributed by atoms with Gasteiger partial charge in [0.1, 0.15) is 0 Å². The molecule has 15 heavy (non-hydrogen) atoms. The van der Waals surface area contributed by atoms with Gasteiger partial charge < -0.3 is 5.73 Å². The molecule has 0 radical (unpaired) electrons. The van der Waals surface area contributed by atoms with Crippen molar-refractivity contribution in [2.75, 3.05) is 25.1 Å². The maximum atomic E-state index is 6.06. The van der Waals surface area contributed by atoms with E-state index in [4.69, 9.17) is 5.73 Å². The first-order chi connectivity index (χ1) is 7.28. The Labute approximate surface area is 98.0 Å². The van der Waals surface area contributed by atoms with Crippen LogP contribution in [0, 0.1) is 0 Å². The first-order valence-corrected chi connectivity index (χ1v) is 7.45. The first-order valence-electron chi connectivity index (χ1n) is 6.29. The van der Waals surface area contributed by atoms with E-state index in [0.717, 1.165) is 12.6 Å². The van der Waals surface area contributed by atoms with Gasteiger partial charge in [-0.05, 0) is 32.1 Å². The zero-order chi connectivity index (χ0) is 10.7. The van der Waals surface area contributed by atoms with Gasteiger partial charge in [-0.1, -0.05) is 19.3 Å². The van der Waals surface area contributed by atoms with Crippen molar-refractivity contribution in [3.05, 3.63) is 0 Å². The number of likely N-dealkylation sites (N-methyl/N-ethyl adjacent to an activating group) is 1. The van der Waals surface area contributed by atoms with Gasteiger partial charge in [0.05, 0.1) is 0 Å². The molecule has 1 saturated heterocycles. The molecule has 1 atom stereocenters. The Balaban J connectivity index is 2.02. The minimum absolute atomic E-state index is 0.341. The molecule has 3 heteroatoms. The summed E-state index contributed by atoms with van der Waals surface area (Å²) in [5, 5.41) is 0. The topological polar surface area (TPSA) is 29.3 Å². The van der Waals surface area contributed by atoms with Crippen molar-refractivity contribution in [3.63, 3.8) is 0 Å². The van der Waals surface area contributed by atoms with Crippen molar-refractivity contribution in [1.82, 2.24) is 4.90 Å². The molecular weight excluding hydrogens is 204 g/mol. The highest BCUT2D eigenvalue weighted by Gasteiger charge is 2.38. The Morgan fingerprint density at radius 1 is 1.33 bits per heavy atom. The van der Waals surface area contributed by atoms with Crippen LogP contribution < -0.4 is 5.73 Å². The second kappa shape index (κ2) is 5.07. The molecule has 0 bridgehead atoms. The molecule has 2 N–H and O–H groups in total. The van der Waals surface area contributed by atoms with E-state index in [0.29, 0.717) is 5.54 Å². The summed E-state index contributed by atoms with van der Waals surface area (Å²) in [5.74, 6) is 2.66. The summed E-state index contributed by atoms with van der Waals surface area (Å²) in [6.07, 6.45) is 8.17. The number of nitrogens with zero attached hydrogens (tertiary/aromatic N) is 1. The normalized spacial score (nSPS) is 31.0. The third kappa shape index (κ3) is 2.34. The van der Waals surface area contributed by atoms with Gasteiger partial charge in [0.15, 0.2) is 0 Å². The summed E-state index contributed by atoms with van der Waals surface area (Å²) in [6.45, 7) is 0.852. The minimum atomic E-state index is 0.341. The second-order valence-electron chi connectivity index (χ2n) is 5.12. The summed E-state index contributed by atoms with van der Waals surface area (Å²) < 4.78 is 0. The van der Waals surface area contributed by atoms with Crippen LogP contribution in [0.4, 0.5) is 0 Å².